The Labute approximate surface area is 128 Å². The first kappa shape index (κ1) is 18.1. The fraction of sp³-hybridized carbons (Fsp3) is 0.600. The maximum absolute atomic E-state index is 12.6. The van der Waals surface area contributed by atoms with Gasteiger partial charge in [-0.25, -0.2) is 13.1 Å². The second kappa shape index (κ2) is 7.89. The largest absolute Gasteiger partial charge is 0.326 e. The number of likely N-dealkylation sites (N-methyl/N-ethyl adjacent to an activating group) is 1. The van der Waals surface area contributed by atoms with Gasteiger partial charge in [0.25, 0.3) is 0 Å². The molecule has 5 nitrogen and oxygen atoms in total. The molecule has 0 amide bonds. The average molecular weight is 313 g/mol. The molecule has 1 unspecified atom stereocenters. The topological polar surface area (TPSA) is 75.4 Å². The van der Waals surface area contributed by atoms with Gasteiger partial charge in [-0.2, -0.15) is 0 Å². The van der Waals surface area contributed by atoms with Crippen LogP contribution in [0.15, 0.2) is 29.2 Å². The summed E-state index contributed by atoms with van der Waals surface area (Å²) in [6.45, 7) is 5.05. The van der Waals surface area contributed by atoms with Gasteiger partial charge in [-0.1, -0.05) is 32.0 Å². The van der Waals surface area contributed by atoms with Gasteiger partial charge in [0.15, 0.2) is 0 Å². The van der Waals surface area contributed by atoms with E-state index in [0.29, 0.717) is 18.0 Å². The van der Waals surface area contributed by atoms with Crippen molar-refractivity contribution in [2.24, 2.45) is 11.7 Å². The Morgan fingerprint density at radius 1 is 1.24 bits per heavy atom. The van der Waals surface area contributed by atoms with Crippen LogP contribution >= 0.6 is 0 Å². The van der Waals surface area contributed by atoms with Gasteiger partial charge >= 0.3 is 0 Å². The minimum Gasteiger partial charge on any atom is -0.326 e. The van der Waals surface area contributed by atoms with E-state index >= 15 is 0 Å². The van der Waals surface area contributed by atoms with Gasteiger partial charge < -0.3 is 10.6 Å². The zero-order valence-corrected chi connectivity index (χ0v) is 14.2. The van der Waals surface area contributed by atoms with E-state index in [9.17, 15) is 8.42 Å². The number of nitrogens with two attached hydrogens (primary N) is 1. The summed E-state index contributed by atoms with van der Waals surface area (Å²) >= 11 is 0. The number of hydrogen-bond acceptors (Lipinski definition) is 4. The Morgan fingerprint density at radius 2 is 1.86 bits per heavy atom. The first-order valence-electron chi connectivity index (χ1n) is 7.21. The first-order chi connectivity index (χ1) is 9.76. The molecule has 120 valence electrons. The maximum Gasteiger partial charge on any atom is 0.241 e. The third-order valence-electron chi connectivity index (χ3n) is 3.15. The highest BCUT2D eigenvalue weighted by atomic mass is 32.2. The van der Waals surface area contributed by atoms with Crippen LogP contribution in [0.1, 0.15) is 25.8 Å². The van der Waals surface area contributed by atoms with Crippen molar-refractivity contribution in [2.75, 3.05) is 20.6 Å². The molecule has 3 N–H and O–H groups in total. The highest BCUT2D eigenvalue weighted by Crippen LogP contribution is 2.16. The maximum atomic E-state index is 12.6. The fourth-order valence-corrected chi connectivity index (χ4v) is 3.88. The predicted molar refractivity (Wildman–Crippen MR) is 86.5 cm³/mol. The fourth-order valence-electron chi connectivity index (χ4n) is 2.39. The zero-order chi connectivity index (χ0) is 16.0. The van der Waals surface area contributed by atoms with Gasteiger partial charge in [0.05, 0.1) is 4.90 Å². The number of benzene rings is 1. The number of sulfonamides is 1. The molecule has 0 aliphatic heterocycles. The summed E-state index contributed by atoms with van der Waals surface area (Å²) in [6, 6.07) is 6.75. The molecule has 21 heavy (non-hydrogen) atoms. The number of nitrogens with zero attached hydrogens (tertiary/aromatic N) is 1. The Bertz CT molecular complexity index is 532. The summed E-state index contributed by atoms with van der Waals surface area (Å²) in [5.41, 5.74) is 6.28. The molecule has 0 aliphatic rings. The van der Waals surface area contributed by atoms with Crippen molar-refractivity contribution in [2.45, 2.75) is 37.8 Å². The van der Waals surface area contributed by atoms with E-state index in [2.05, 4.69) is 18.6 Å². The quantitative estimate of drug-likeness (QED) is 0.761. The average Bonchev–Trinajstić information content (AvgIpc) is 2.36. The second-order valence-corrected chi connectivity index (χ2v) is 7.70. The van der Waals surface area contributed by atoms with E-state index < -0.39 is 10.0 Å². The molecule has 1 aromatic carbocycles. The van der Waals surface area contributed by atoms with Crippen LogP contribution in [0, 0.1) is 5.92 Å². The molecule has 0 fully saturated rings. The number of nitrogens with one attached hydrogen (secondary N) is 1. The lowest BCUT2D eigenvalue weighted by atomic mass is 10.0. The second-order valence-electron chi connectivity index (χ2n) is 6.02. The van der Waals surface area contributed by atoms with Crippen molar-refractivity contribution in [1.82, 2.24) is 9.62 Å². The number of hydrogen-bond donors (Lipinski definition) is 2. The monoisotopic (exact) mass is 313 g/mol. The van der Waals surface area contributed by atoms with Gasteiger partial charge in [-0.15, -0.1) is 0 Å². The molecule has 1 atom stereocenters. The van der Waals surface area contributed by atoms with Crippen LogP contribution in [0.2, 0.25) is 0 Å². The van der Waals surface area contributed by atoms with Gasteiger partial charge in [0.1, 0.15) is 0 Å². The van der Waals surface area contributed by atoms with Crippen LogP contribution in [-0.4, -0.2) is 40.0 Å². The molecule has 0 radical (unpaired) electrons. The molecule has 0 saturated heterocycles. The molecule has 0 bridgehead atoms. The Balaban J connectivity index is 2.99. The highest BCUT2D eigenvalue weighted by Gasteiger charge is 2.23. The Hall–Kier alpha value is -0.950. The molecule has 1 rings (SSSR count). The number of rotatable bonds is 8. The van der Waals surface area contributed by atoms with Crippen LogP contribution < -0.4 is 10.5 Å². The third-order valence-corrected chi connectivity index (χ3v) is 4.77. The van der Waals surface area contributed by atoms with Crippen LogP contribution in [0.3, 0.4) is 0 Å². The standard InChI is InChI=1S/C15H27N3O2S/c1-12(2)9-14(11-18(3)4)17-21(19,20)15-8-6-5-7-13(15)10-16/h5-8,12,14,17H,9-11,16H2,1-4H3. The van der Waals surface area contributed by atoms with E-state index in [4.69, 9.17) is 5.73 Å². The normalized spacial score (nSPS) is 13.9. The van der Waals surface area contributed by atoms with Crippen LogP contribution in [0.25, 0.3) is 0 Å². The van der Waals surface area contributed by atoms with Gasteiger partial charge in [-0.3, -0.25) is 0 Å². The lowest BCUT2D eigenvalue weighted by Gasteiger charge is -2.24. The predicted octanol–water partition coefficient (Wildman–Crippen LogP) is 1.40. The van der Waals surface area contributed by atoms with Gasteiger partial charge in [-0.05, 0) is 38.1 Å². The Kier molecular flexibility index (Phi) is 6.80. The first-order valence-corrected chi connectivity index (χ1v) is 8.69. The van der Waals surface area contributed by atoms with Crippen molar-refractivity contribution in [3.8, 4) is 0 Å². The molecule has 6 heteroatoms. The van der Waals surface area contributed by atoms with E-state index in [1.165, 1.54) is 0 Å². The highest BCUT2D eigenvalue weighted by molar-refractivity contribution is 7.89. The Morgan fingerprint density at radius 3 is 2.38 bits per heavy atom. The molecular formula is C15H27N3O2S. The van der Waals surface area contributed by atoms with Crippen molar-refractivity contribution >= 4 is 10.0 Å². The van der Waals surface area contributed by atoms with Crippen LogP contribution in [0.5, 0.6) is 0 Å². The summed E-state index contributed by atoms with van der Waals surface area (Å²) in [4.78, 5) is 2.27. The van der Waals surface area contributed by atoms with E-state index in [-0.39, 0.29) is 17.5 Å². The van der Waals surface area contributed by atoms with Gasteiger partial charge in [0, 0.05) is 19.1 Å². The molecular weight excluding hydrogens is 286 g/mol. The molecule has 0 aliphatic carbocycles. The van der Waals surface area contributed by atoms with Gasteiger partial charge in [0.2, 0.25) is 10.0 Å². The minimum absolute atomic E-state index is 0.115. The van der Waals surface area contributed by atoms with Crippen LogP contribution in [-0.2, 0) is 16.6 Å². The summed E-state index contributed by atoms with van der Waals surface area (Å²) in [6.07, 6.45) is 0.794. The van der Waals surface area contributed by atoms with Crippen LogP contribution in [0.4, 0.5) is 0 Å². The molecule has 0 saturated carbocycles. The zero-order valence-electron chi connectivity index (χ0n) is 13.3. The van der Waals surface area contributed by atoms with E-state index in [1.54, 1.807) is 24.3 Å². The van der Waals surface area contributed by atoms with E-state index in [0.717, 1.165) is 6.42 Å². The van der Waals surface area contributed by atoms with Crippen molar-refractivity contribution in [3.05, 3.63) is 29.8 Å². The SMILES string of the molecule is CC(C)CC(CN(C)C)NS(=O)(=O)c1ccccc1CN. The van der Waals surface area contributed by atoms with Crippen molar-refractivity contribution in [3.63, 3.8) is 0 Å². The lowest BCUT2D eigenvalue weighted by molar-refractivity contribution is 0.329. The molecule has 0 spiro atoms. The van der Waals surface area contributed by atoms with Crippen molar-refractivity contribution in [1.29, 1.82) is 0 Å². The van der Waals surface area contributed by atoms with Crippen molar-refractivity contribution < 1.29 is 8.42 Å². The summed E-state index contributed by atoms with van der Waals surface area (Å²) in [7, 11) is 0.330. The van der Waals surface area contributed by atoms with E-state index in [1.807, 2.05) is 19.0 Å². The lowest BCUT2D eigenvalue weighted by Crippen LogP contribution is -2.42. The summed E-state index contributed by atoms with van der Waals surface area (Å²) in [5.74, 6) is 0.419. The minimum atomic E-state index is -3.55. The smallest absolute Gasteiger partial charge is 0.241 e. The molecule has 0 aromatic heterocycles. The summed E-state index contributed by atoms with van der Waals surface area (Å²) in [5, 5.41) is 0. The molecule has 0 heterocycles. The molecule has 1 aromatic rings. The summed E-state index contributed by atoms with van der Waals surface area (Å²) < 4.78 is 28.0. The third kappa shape index (κ3) is 5.74.